The summed E-state index contributed by atoms with van der Waals surface area (Å²) in [6.07, 6.45) is 4.58. The molecule has 0 amide bonds. The summed E-state index contributed by atoms with van der Waals surface area (Å²) in [7, 11) is 0. The summed E-state index contributed by atoms with van der Waals surface area (Å²) in [6.45, 7) is 0. The standard InChI is InChI=1S/C66H44/c1-4-23-47(24-5-1)63-56-34-15-18-37-59(56)66(60-38-19-16-35-57(60)63)52-30-20-29-50(43-52)53-31-12-10-21-45(53)39-40-46-22-11-13-32-54(46)51-41-42-61-62(44-51)65(49-27-8-3-9-28-49)58-36-17-14-33-55(58)64(61)48-25-6-2-7-26-48/h1-44H. The van der Waals surface area contributed by atoms with Crippen molar-refractivity contribution < 1.29 is 0 Å². The molecular formula is C66H44. The third-order valence-electron chi connectivity index (χ3n) is 13.3. The van der Waals surface area contributed by atoms with Crippen molar-refractivity contribution in [3.63, 3.8) is 0 Å². The van der Waals surface area contributed by atoms with Gasteiger partial charge < -0.3 is 0 Å². The summed E-state index contributed by atoms with van der Waals surface area (Å²) >= 11 is 0. The summed E-state index contributed by atoms with van der Waals surface area (Å²) in [5, 5.41) is 10.0. The lowest BCUT2D eigenvalue weighted by Crippen LogP contribution is -1.92. The first-order valence-electron chi connectivity index (χ1n) is 22.8. The Hall–Kier alpha value is -8.58. The van der Waals surface area contributed by atoms with E-state index < -0.39 is 0 Å². The molecule has 12 aromatic rings. The van der Waals surface area contributed by atoms with Crippen LogP contribution < -0.4 is 0 Å². The van der Waals surface area contributed by atoms with Crippen LogP contribution in [0.1, 0.15) is 11.1 Å². The molecule has 0 aromatic heterocycles. The summed E-state index contributed by atoms with van der Waals surface area (Å²) in [6, 6.07) is 93.0. The molecule has 66 heavy (non-hydrogen) atoms. The molecule has 0 saturated carbocycles. The molecule has 0 fully saturated rings. The molecule has 0 heterocycles. The zero-order valence-electron chi connectivity index (χ0n) is 36.4. The highest BCUT2D eigenvalue weighted by atomic mass is 14.2. The summed E-state index contributed by atoms with van der Waals surface area (Å²) in [5.74, 6) is 0. The molecular weight excluding hydrogens is 793 g/mol. The molecule has 0 aliphatic carbocycles. The molecule has 12 rings (SSSR count). The molecule has 0 saturated heterocycles. The first kappa shape index (κ1) is 39.0. The predicted molar refractivity (Wildman–Crippen MR) is 284 cm³/mol. The van der Waals surface area contributed by atoms with E-state index in [4.69, 9.17) is 0 Å². The molecule has 12 aromatic carbocycles. The van der Waals surface area contributed by atoms with Crippen LogP contribution in [0.5, 0.6) is 0 Å². The zero-order chi connectivity index (χ0) is 43.8. The van der Waals surface area contributed by atoms with Crippen LogP contribution in [0, 0.1) is 0 Å². The van der Waals surface area contributed by atoms with Crippen LogP contribution >= 0.6 is 0 Å². The molecule has 0 bridgehead atoms. The van der Waals surface area contributed by atoms with Gasteiger partial charge in [0.2, 0.25) is 0 Å². The highest BCUT2D eigenvalue weighted by molar-refractivity contribution is 6.23. The Bertz CT molecular complexity index is 3730. The third-order valence-corrected chi connectivity index (χ3v) is 13.3. The SMILES string of the molecule is C(=Cc1ccccc1-c1ccc2c(-c3ccccc3)c3ccccc3c(-c3ccccc3)c2c1)c1ccccc1-c1cccc(-c2c3ccccc3c(-c3ccccc3)c3ccccc23)c1. The Labute approximate surface area is 386 Å². The predicted octanol–water partition coefficient (Wildman–Crippen LogP) is 18.5. The summed E-state index contributed by atoms with van der Waals surface area (Å²) < 4.78 is 0. The van der Waals surface area contributed by atoms with Gasteiger partial charge in [-0.2, -0.15) is 0 Å². The molecule has 0 aliphatic rings. The van der Waals surface area contributed by atoms with E-state index in [0.29, 0.717) is 0 Å². The van der Waals surface area contributed by atoms with Gasteiger partial charge in [0.15, 0.2) is 0 Å². The van der Waals surface area contributed by atoms with Crippen molar-refractivity contribution in [3.8, 4) is 66.8 Å². The molecule has 0 heteroatoms. The topological polar surface area (TPSA) is 0 Å². The second-order valence-electron chi connectivity index (χ2n) is 17.1. The average Bonchev–Trinajstić information content (AvgIpc) is 3.39. The van der Waals surface area contributed by atoms with Gasteiger partial charge in [0.05, 0.1) is 0 Å². The van der Waals surface area contributed by atoms with E-state index in [9.17, 15) is 0 Å². The minimum Gasteiger partial charge on any atom is -0.0622 e. The number of fused-ring (bicyclic) bond motifs is 4. The van der Waals surface area contributed by atoms with Gasteiger partial charge in [-0.3, -0.25) is 0 Å². The van der Waals surface area contributed by atoms with Crippen LogP contribution in [0.15, 0.2) is 255 Å². The molecule has 0 unspecified atom stereocenters. The second-order valence-corrected chi connectivity index (χ2v) is 17.1. The molecule has 308 valence electrons. The van der Waals surface area contributed by atoms with Crippen LogP contribution in [0.2, 0.25) is 0 Å². The van der Waals surface area contributed by atoms with Crippen LogP contribution in [-0.2, 0) is 0 Å². The van der Waals surface area contributed by atoms with Crippen molar-refractivity contribution in [1.82, 2.24) is 0 Å². The first-order valence-corrected chi connectivity index (χ1v) is 22.8. The highest BCUT2D eigenvalue weighted by Crippen LogP contribution is 2.46. The Morgan fingerprint density at radius 3 is 0.924 bits per heavy atom. The van der Waals surface area contributed by atoms with Crippen molar-refractivity contribution in [2.24, 2.45) is 0 Å². The van der Waals surface area contributed by atoms with Gasteiger partial charge in [-0.05, 0) is 133 Å². The minimum absolute atomic E-state index is 1.17. The number of hydrogen-bond donors (Lipinski definition) is 0. The summed E-state index contributed by atoms with van der Waals surface area (Å²) in [4.78, 5) is 0. The van der Waals surface area contributed by atoms with E-state index in [1.165, 1.54) is 121 Å². The van der Waals surface area contributed by atoms with Crippen molar-refractivity contribution in [3.05, 3.63) is 266 Å². The van der Waals surface area contributed by atoms with Crippen LogP contribution in [0.4, 0.5) is 0 Å². The molecule has 0 spiro atoms. The maximum atomic E-state index is 2.42. The fourth-order valence-corrected chi connectivity index (χ4v) is 10.4. The molecule has 0 nitrogen and oxygen atoms in total. The molecule has 0 N–H and O–H groups in total. The molecule has 0 radical (unpaired) electrons. The van der Waals surface area contributed by atoms with E-state index in [1.54, 1.807) is 0 Å². The van der Waals surface area contributed by atoms with Gasteiger partial charge in [0.25, 0.3) is 0 Å². The van der Waals surface area contributed by atoms with Gasteiger partial charge in [0, 0.05) is 0 Å². The van der Waals surface area contributed by atoms with Crippen LogP contribution in [0.3, 0.4) is 0 Å². The first-order chi connectivity index (χ1) is 32.8. The third kappa shape index (κ3) is 6.88. The maximum absolute atomic E-state index is 2.42. The lowest BCUT2D eigenvalue weighted by atomic mass is 9.84. The van der Waals surface area contributed by atoms with E-state index >= 15 is 0 Å². The largest absolute Gasteiger partial charge is 0.0622 e. The van der Waals surface area contributed by atoms with Crippen molar-refractivity contribution in [1.29, 1.82) is 0 Å². The van der Waals surface area contributed by atoms with E-state index in [1.807, 2.05) is 0 Å². The Morgan fingerprint density at radius 1 is 0.182 bits per heavy atom. The quantitative estimate of drug-likeness (QED) is 0.106. The highest BCUT2D eigenvalue weighted by Gasteiger charge is 2.19. The normalized spacial score (nSPS) is 11.6. The van der Waals surface area contributed by atoms with Gasteiger partial charge in [-0.1, -0.05) is 255 Å². The van der Waals surface area contributed by atoms with Gasteiger partial charge in [-0.15, -0.1) is 0 Å². The van der Waals surface area contributed by atoms with E-state index in [-0.39, 0.29) is 0 Å². The number of hydrogen-bond acceptors (Lipinski definition) is 0. The summed E-state index contributed by atoms with van der Waals surface area (Å²) in [5.41, 5.74) is 17.1. The molecule has 0 aliphatic heterocycles. The Balaban J connectivity index is 0.971. The van der Waals surface area contributed by atoms with Crippen LogP contribution in [-0.4, -0.2) is 0 Å². The van der Waals surface area contributed by atoms with Gasteiger partial charge >= 0.3 is 0 Å². The van der Waals surface area contributed by atoms with Crippen molar-refractivity contribution in [2.75, 3.05) is 0 Å². The lowest BCUT2D eigenvalue weighted by molar-refractivity contribution is 1.58. The van der Waals surface area contributed by atoms with Crippen LogP contribution in [0.25, 0.3) is 122 Å². The van der Waals surface area contributed by atoms with Crippen molar-refractivity contribution in [2.45, 2.75) is 0 Å². The number of benzene rings is 12. The maximum Gasteiger partial charge on any atom is -0.00262 e. The Morgan fingerprint density at radius 2 is 0.485 bits per heavy atom. The minimum atomic E-state index is 1.17. The van der Waals surface area contributed by atoms with E-state index in [0.717, 1.165) is 0 Å². The average molecular weight is 837 g/mol. The van der Waals surface area contributed by atoms with E-state index in [2.05, 4.69) is 267 Å². The van der Waals surface area contributed by atoms with Crippen molar-refractivity contribution >= 4 is 55.2 Å². The smallest absolute Gasteiger partial charge is 0.00262 e. The van der Waals surface area contributed by atoms with Gasteiger partial charge in [-0.25, -0.2) is 0 Å². The second kappa shape index (κ2) is 16.8. The fraction of sp³-hybridized carbons (Fsp3) is 0. The monoisotopic (exact) mass is 836 g/mol. The number of rotatable bonds is 8. The Kier molecular flexibility index (Phi) is 9.97. The molecule has 0 atom stereocenters. The fourth-order valence-electron chi connectivity index (χ4n) is 10.4. The van der Waals surface area contributed by atoms with Gasteiger partial charge in [0.1, 0.15) is 0 Å². The zero-order valence-corrected chi connectivity index (χ0v) is 36.4. The lowest BCUT2D eigenvalue weighted by Gasteiger charge is -2.19.